The summed E-state index contributed by atoms with van der Waals surface area (Å²) in [5.74, 6) is -0.653. The number of amides is 1. The van der Waals surface area contributed by atoms with Gasteiger partial charge in [-0.2, -0.15) is 0 Å². The van der Waals surface area contributed by atoms with Crippen molar-refractivity contribution in [2.24, 2.45) is 0 Å². The number of carbonyl (C=O) groups is 2. The molecule has 0 atom stereocenters. The van der Waals surface area contributed by atoms with E-state index < -0.39 is 5.97 Å². The number of allylic oxidation sites excluding steroid dienone is 1. The summed E-state index contributed by atoms with van der Waals surface area (Å²) in [6, 6.07) is 4.59. The summed E-state index contributed by atoms with van der Waals surface area (Å²) < 4.78 is 4.60. The van der Waals surface area contributed by atoms with Gasteiger partial charge in [-0.1, -0.05) is 6.08 Å². The van der Waals surface area contributed by atoms with Crippen molar-refractivity contribution in [2.75, 3.05) is 18.2 Å². The van der Waals surface area contributed by atoms with Crippen LogP contribution in [0.4, 0.5) is 11.4 Å². The van der Waals surface area contributed by atoms with Gasteiger partial charge in [-0.15, -0.1) is 6.58 Å². The molecule has 0 bridgehead atoms. The lowest BCUT2D eigenvalue weighted by atomic mass is 10.1. The van der Waals surface area contributed by atoms with Gasteiger partial charge < -0.3 is 15.8 Å². The van der Waals surface area contributed by atoms with Gasteiger partial charge in [-0.3, -0.25) is 4.79 Å². The van der Waals surface area contributed by atoms with E-state index in [9.17, 15) is 9.59 Å². The number of hydrogen-bond donors (Lipinski definition) is 2. The predicted octanol–water partition coefficient (Wildman–Crippen LogP) is 1.96. The lowest BCUT2D eigenvalue weighted by Gasteiger charge is -2.09. The van der Waals surface area contributed by atoms with Crippen molar-refractivity contribution in [2.45, 2.75) is 12.8 Å². The molecule has 3 N–H and O–H groups in total. The summed E-state index contributed by atoms with van der Waals surface area (Å²) in [5.41, 5.74) is 6.87. The zero-order chi connectivity index (χ0) is 13.5. The van der Waals surface area contributed by atoms with E-state index in [1.54, 1.807) is 18.2 Å². The maximum atomic E-state index is 11.5. The van der Waals surface area contributed by atoms with Gasteiger partial charge in [-0.25, -0.2) is 4.79 Å². The van der Waals surface area contributed by atoms with E-state index in [1.807, 2.05) is 0 Å². The molecule has 0 aromatic heterocycles. The van der Waals surface area contributed by atoms with Crippen LogP contribution in [0, 0.1) is 0 Å². The van der Waals surface area contributed by atoms with E-state index in [4.69, 9.17) is 5.73 Å². The molecule has 0 radical (unpaired) electrons. The Labute approximate surface area is 106 Å². The Balaban J connectivity index is 2.84. The lowest BCUT2D eigenvalue weighted by Crippen LogP contribution is -2.13. The first-order chi connectivity index (χ1) is 8.58. The van der Waals surface area contributed by atoms with Crippen LogP contribution in [0.15, 0.2) is 30.9 Å². The van der Waals surface area contributed by atoms with Gasteiger partial charge in [0, 0.05) is 6.42 Å². The number of nitrogens with one attached hydrogen (secondary N) is 1. The number of ether oxygens (including phenoxy) is 1. The fraction of sp³-hybridized carbons (Fsp3) is 0.231. The molecule has 96 valence electrons. The smallest absolute Gasteiger partial charge is 0.337 e. The Morgan fingerprint density at radius 3 is 2.83 bits per heavy atom. The Morgan fingerprint density at radius 1 is 1.50 bits per heavy atom. The molecule has 0 unspecified atom stereocenters. The summed E-state index contributed by atoms with van der Waals surface area (Å²) in [6.45, 7) is 3.54. The van der Waals surface area contributed by atoms with Gasteiger partial charge in [0.05, 0.1) is 24.0 Å². The van der Waals surface area contributed by atoms with Crippen LogP contribution in [0.5, 0.6) is 0 Å². The number of nitrogen functional groups attached to an aromatic ring is 1. The molecule has 1 amide bonds. The van der Waals surface area contributed by atoms with Crippen LogP contribution >= 0.6 is 0 Å². The van der Waals surface area contributed by atoms with E-state index in [1.165, 1.54) is 13.2 Å². The number of hydrogen-bond acceptors (Lipinski definition) is 4. The molecular weight excluding hydrogens is 232 g/mol. The van der Waals surface area contributed by atoms with E-state index in [-0.39, 0.29) is 5.91 Å². The van der Waals surface area contributed by atoms with Gasteiger partial charge in [0.1, 0.15) is 0 Å². The fourth-order valence-corrected chi connectivity index (χ4v) is 1.36. The Bertz CT molecular complexity index is 469. The second-order valence-electron chi connectivity index (χ2n) is 3.67. The molecule has 0 aliphatic carbocycles. The number of rotatable bonds is 5. The third-order valence-electron chi connectivity index (χ3n) is 2.32. The highest BCUT2D eigenvalue weighted by molar-refractivity contribution is 5.97. The molecule has 0 spiro atoms. The van der Waals surface area contributed by atoms with Crippen molar-refractivity contribution in [3.8, 4) is 0 Å². The minimum atomic E-state index is -0.475. The Hall–Kier alpha value is -2.30. The van der Waals surface area contributed by atoms with Crippen LogP contribution in [0.25, 0.3) is 0 Å². The number of esters is 1. The molecule has 0 fully saturated rings. The average Bonchev–Trinajstić information content (AvgIpc) is 2.38. The second kappa shape index (κ2) is 6.44. The van der Waals surface area contributed by atoms with Gasteiger partial charge in [0.2, 0.25) is 5.91 Å². The Morgan fingerprint density at radius 2 is 2.22 bits per heavy atom. The van der Waals surface area contributed by atoms with E-state index in [0.717, 1.165) is 0 Å². The predicted molar refractivity (Wildman–Crippen MR) is 70.3 cm³/mol. The van der Waals surface area contributed by atoms with Crippen LogP contribution in [0.3, 0.4) is 0 Å². The van der Waals surface area contributed by atoms with Crippen LogP contribution in [-0.2, 0) is 9.53 Å². The quantitative estimate of drug-likeness (QED) is 0.474. The normalized spacial score (nSPS) is 9.61. The first kappa shape index (κ1) is 13.8. The molecule has 0 aliphatic heterocycles. The standard InChI is InChI=1S/C13H16N2O3/c1-3-4-5-12(16)15-11-8-9(13(17)18-2)6-7-10(11)14/h3,6-8H,1,4-5,14H2,2H3,(H,15,16). The Kier molecular flexibility index (Phi) is 4.92. The first-order valence-corrected chi connectivity index (χ1v) is 5.47. The van der Waals surface area contributed by atoms with Crippen LogP contribution in [0.1, 0.15) is 23.2 Å². The average molecular weight is 248 g/mol. The number of carbonyl (C=O) groups excluding carboxylic acids is 2. The highest BCUT2D eigenvalue weighted by Crippen LogP contribution is 2.20. The summed E-state index contributed by atoms with van der Waals surface area (Å²) >= 11 is 0. The van der Waals surface area contributed by atoms with Gasteiger partial charge in [-0.05, 0) is 24.6 Å². The highest BCUT2D eigenvalue weighted by atomic mass is 16.5. The van der Waals surface area contributed by atoms with Crippen LogP contribution in [0.2, 0.25) is 0 Å². The number of anilines is 2. The number of benzene rings is 1. The van der Waals surface area contributed by atoms with E-state index in [0.29, 0.717) is 29.8 Å². The van der Waals surface area contributed by atoms with Crippen molar-refractivity contribution in [1.29, 1.82) is 0 Å². The van der Waals surface area contributed by atoms with Crippen molar-refractivity contribution in [3.63, 3.8) is 0 Å². The summed E-state index contributed by atoms with van der Waals surface area (Å²) in [4.78, 5) is 22.9. The molecular formula is C13H16N2O3. The van der Waals surface area contributed by atoms with E-state index in [2.05, 4.69) is 16.6 Å². The van der Waals surface area contributed by atoms with Crippen molar-refractivity contribution in [3.05, 3.63) is 36.4 Å². The molecule has 1 aromatic carbocycles. The molecule has 1 rings (SSSR count). The maximum absolute atomic E-state index is 11.5. The molecule has 0 heterocycles. The summed E-state index contributed by atoms with van der Waals surface area (Å²) in [7, 11) is 1.29. The van der Waals surface area contributed by atoms with Crippen LogP contribution in [-0.4, -0.2) is 19.0 Å². The zero-order valence-corrected chi connectivity index (χ0v) is 10.2. The molecule has 1 aromatic rings. The molecule has 0 aliphatic rings. The number of methoxy groups -OCH3 is 1. The molecule has 18 heavy (non-hydrogen) atoms. The lowest BCUT2D eigenvalue weighted by molar-refractivity contribution is -0.116. The van der Waals surface area contributed by atoms with E-state index >= 15 is 0 Å². The van der Waals surface area contributed by atoms with Gasteiger partial charge >= 0.3 is 5.97 Å². The molecule has 5 heteroatoms. The molecule has 0 saturated carbocycles. The van der Waals surface area contributed by atoms with Crippen LogP contribution < -0.4 is 11.1 Å². The highest BCUT2D eigenvalue weighted by Gasteiger charge is 2.10. The van der Waals surface area contributed by atoms with Gasteiger partial charge in [0.15, 0.2) is 0 Å². The fourth-order valence-electron chi connectivity index (χ4n) is 1.36. The maximum Gasteiger partial charge on any atom is 0.337 e. The van der Waals surface area contributed by atoms with Crippen molar-refractivity contribution in [1.82, 2.24) is 0 Å². The summed E-state index contributed by atoms with van der Waals surface area (Å²) in [5, 5.41) is 2.64. The minimum Gasteiger partial charge on any atom is -0.465 e. The molecule has 0 saturated heterocycles. The largest absolute Gasteiger partial charge is 0.465 e. The SMILES string of the molecule is C=CCCC(=O)Nc1cc(C(=O)OC)ccc1N. The monoisotopic (exact) mass is 248 g/mol. The zero-order valence-electron chi connectivity index (χ0n) is 10.2. The minimum absolute atomic E-state index is 0.177. The van der Waals surface area contributed by atoms with Gasteiger partial charge in [0.25, 0.3) is 0 Å². The van der Waals surface area contributed by atoms with Crippen molar-refractivity contribution >= 4 is 23.3 Å². The molecule has 5 nitrogen and oxygen atoms in total. The second-order valence-corrected chi connectivity index (χ2v) is 3.67. The topological polar surface area (TPSA) is 81.4 Å². The summed E-state index contributed by atoms with van der Waals surface area (Å²) in [6.07, 6.45) is 2.57. The third-order valence-corrected chi connectivity index (χ3v) is 2.32. The van der Waals surface area contributed by atoms with Crippen molar-refractivity contribution < 1.29 is 14.3 Å². The third kappa shape index (κ3) is 3.62. The first-order valence-electron chi connectivity index (χ1n) is 5.47. The number of nitrogens with two attached hydrogens (primary N) is 1.